The molecule has 108 valence electrons. The Morgan fingerprint density at radius 1 is 1.52 bits per heavy atom. The first-order chi connectivity index (χ1) is 10.2. The molecule has 0 amide bonds. The first kappa shape index (κ1) is 13.2. The summed E-state index contributed by atoms with van der Waals surface area (Å²) >= 11 is 0. The van der Waals surface area contributed by atoms with Gasteiger partial charge >= 0.3 is 5.97 Å². The Kier molecular flexibility index (Phi) is 3.35. The van der Waals surface area contributed by atoms with Gasteiger partial charge in [-0.15, -0.1) is 0 Å². The maximum absolute atomic E-state index is 12.3. The van der Waals surface area contributed by atoms with Crippen molar-refractivity contribution >= 4 is 11.9 Å². The van der Waals surface area contributed by atoms with Crippen molar-refractivity contribution in [3.05, 3.63) is 41.4 Å². The van der Waals surface area contributed by atoms with Crippen molar-refractivity contribution in [1.29, 1.82) is 0 Å². The summed E-state index contributed by atoms with van der Waals surface area (Å²) in [6.45, 7) is 3.89. The van der Waals surface area contributed by atoms with E-state index in [1.54, 1.807) is 24.7 Å². The number of ether oxygens (including phenoxy) is 1. The molecular weight excluding hydrogens is 272 g/mol. The second-order valence-corrected chi connectivity index (χ2v) is 4.55. The minimum atomic E-state index is -0.448. The topological polar surface area (TPSA) is 96.1 Å². The molecular formula is C13H15N6O2+. The average Bonchev–Trinajstić information content (AvgIpc) is 2.94. The number of hydrogen-bond acceptors (Lipinski definition) is 6. The van der Waals surface area contributed by atoms with Crippen molar-refractivity contribution in [3.8, 4) is 0 Å². The quantitative estimate of drug-likeness (QED) is 0.818. The van der Waals surface area contributed by atoms with E-state index in [2.05, 4.69) is 25.8 Å². The third-order valence-corrected chi connectivity index (χ3v) is 3.24. The summed E-state index contributed by atoms with van der Waals surface area (Å²) < 4.78 is 6.72. The van der Waals surface area contributed by atoms with E-state index in [4.69, 9.17) is 4.74 Å². The number of anilines is 1. The van der Waals surface area contributed by atoms with Crippen molar-refractivity contribution in [2.75, 3.05) is 11.9 Å². The van der Waals surface area contributed by atoms with E-state index in [1.807, 2.05) is 18.2 Å². The van der Waals surface area contributed by atoms with Crippen molar-refractivity contribution in [2.45, 2.75) is 19.9 Å². The van der Waals surface area contributed by atoms with Crippen LogP contribution in [-0.4, -0.2) is 32.8 Å². The van der Waals surface area contributed by atoms with Crippen molar-refractivity contribution in [2.24, 2.45) is 0 Å². The molecule has 0 bridgehead atoms. The number of aromatic amines is 1. The van der Waals surface area contributed by atoms with Crippen molar-refractivity contribution in [1.82, 2.24) is 20.2 Å². The molecule has 2 aromatic heterocycles. The molecule has 1 unspecified atom stereocenters. The fourth-order valence-corrected chi connectivity index (χ4v) is 2.35. The van der Waals surface area contributed by atoms with Gasteiger partial charge in [-0.05, 0) is 24.3 Å². The molecule has 0 fully saturated rings. The van der Waals surface area contributed by atoms with Crippen LogP contribution in [0.3, 0.4) is 0 Å². The van der Waals surface area contributed by atoms with Gasteiger partial charge in [0.25, 0.3) is 0 Å². The van der Waals surface area contributed by atoms with E-state index in [0.717, 1.165) is 5.69 Å². The predicted molar refractivity (Wildman–Crippen MR) is 71.9 cm³/mol. The lowest BCUT2D eigenvalue weighted by molar-refractivity contribution is -0.393. The number of H-pyrrole nitrogens is 1. The molecule has 0 saturated heterocycles. The van der Waals surface area contributed by atoms with Crippen LogP contribution in [0.1, 0.15) is 25.6 Å². The van der Waals surface area contributed by atoms with Crippen LogP contribution in [0.2, 0.25) is 0 Å². The maximum Gasteiger partial charge on any atom is 0.338 e. The van der Waals surface area contributed by atoms with Gasteiger partial charge in [0.2, 0.25) is 11.6 Å². The van der Waals surface area contributed by atoms with Crippen molar-refractivity contribution < 1.29 is 14.5 Å². The molecule has 2 aromatic rings. The van der Waals surface area contributed by atoms with Crippen LogP contribution in [0, 0.1) is 0 Å². The monoisotopic (exact) mass is 287 g/mol. The van der Waals surface area contributed by atoms with Crippen LogP contribution in [0.5, 0.6) is 0 Å². The molecule has 1 atom stereocenters. The largest absolute Gasteiger partial charge is 0.463 e. The highest BCUT2D eigenvalue weighted by molar-refractivity contribution is 5.92. The second kappa shape index (κ2) is 5.31. The number of rotatable bonds is 3. The lowest BCUT2D eigenvalue weighted by Crippen LogP contribution is -2.33. The van der Waals surface area contributed by atoms with E-state index in [0.29, 0.717) is 23.8 Å². The molecule has 3 heterocycles. The first-order valence-electron chi connectivity index (χ1n) is 6.61. The summed E-state index contributed by atoms with van der Waals surface area (Å²) in [5.74, 6) is 0.105. The SMILES string of the molecule is CCOC(=O)C1=C(C)Nc2nnnn2C1c1cccc[nH+]1. The number of esters is 1. The van der Waals surface area contributed by atoms with Gasteiger partial charge in [-0.25, -0.2) is 9.78 Å². The highest BCUT2D eigenvalue weighted by Crippen LogP contribution is 2.32. The zero-order chi connectivity index (χ0) is 14.8. The summed E-state index contributed by atoms with van der Waals surface area (Å²) in [4.78, 5) is 15.4. The highest BCUT2D eigenvalue weighted by atomic mass is 16.5. The Bertz CT molecular complexity index is 694. The van der Waals surface area contributed by atoms with Gasteiger partial charge in [0.1, 0.15) is 0 Å². The molecule has 0 aliphatic carbocycles. The average molecular weight is 287 g/mol. The summed E-state index contributed by atoms with van der Waals surface area (Å²) in [7, 11) is 0. The molecule has 8 nitrogen and oxygen atoms in total. The Labute approximate surface area is 120 Å². The molecule has 0 saturated carbocycles. The number of fused-ring (bicyclic) bond motifs is 1. The fourth-order valence-electron chi connectivity index (χ4n) is 2.35. The van der Waals surface area contributed by atoms with E-state index in [-0.39, 0.29) is 5.97 Å². The van der Waals surface area contributed by atoms with Gasteiger partial charge in [0.15, 0.2) is 12.2 Å². The molecule has 2 N–H and O–H groups in total. The van der Waals surface area contributed by atoms with Crippen LogP contribution in [0.15, 0.2) is 35.7 Å². The maximum atomic E-state index is 12.3. The minimum Gasteiger partial charge on any atom is -0.463 e. The molecule has 1 aliphatic heterocycles. The van der Waals surface area contributed by atoms with E-state index in [1.165, 1.54) is 0 Å². The molecule has 0 spiro atoms. The smallest absolute Gasteiger partial charge is 0.338 e. The molecule has 0 radical (unpaired) electrons. The van der Waals surface area contributed by atoms with Gasteiger partial charge in [-0.1, -0.05) is 11.2 Å². The zero-order valence-corrected chi connectivity index (χ0v) is 11.7. The standard InChI is InChI=1S/C13H14N6O2/c1-3-21-12(20)10-8(2)15-13-16-17-18-19(13)11(10)9-6-4-5-7-14-9/h4-7,11H,3H2,1-2H3,(H,15,16,18)/p+1. The summed E-state index contributed by atoms with van der Waals surface area (Å²) in [6.07, 6.45) is 1.79. The number of pyridine rings is 1. The van der Waals surface area contributed by atoms with Gasteiger partial charge in [-0.3, -0.25) is 0 Å². The molecule has 3 rings (SSSR count). The normalized spacial score (nSPS) is 17.1. The summed E-state index contributed by atoms with van der Waals surface area (Å²) in [6, 6.07) is 5.19. The second-order valence-electron chi connectivity index (χ2n) is 4.55. The fraction of sp³-hybridized carbons (Fsp3) is 0.308. The number of nitrogens with zero attached hydrogens (tertiary/aromatic N) is 4. The van der Waals surface area contributed by atoms with Gasteiger partial charge in [0.05, 0.1) is 12.2 Å². The van der Waals surface area contributed by atoms with Crippen LogP contribution in [-0.2, 0) is 9.53 Å². The molecule has 21 heavy (non-hydrogen) atoms. The Morgan fingerprint density at radius 2 is 2.38 bits per heavy atom. The lowest BCUT2D eigenvalue weighted by atomic mass is 10.00. The number of carbonyl (C=O) groups excluding carboxylic acids is 1. The van der Waals surface area contributed by atoms with Gasteiger partial charge in [-0.2, -0.15) is 4.68 Å². The van der Waals surface area contributed by atoms with Crippen LogP contribution >= 0.6 is 0 Å². The molecule has 8 heteroatoms. The number of nitrogens with one attached hydrogen (secondary N) is 2. The number of carbonyl (C=O) groups is 1. The van der Waals surface area contributed by atoms with E-state index < -0.39 is 6.04 Å². The minimum absolute atomic E-state index is 0.309. The number of hydrogen-bond donors (Lipinski definition) is 1. The van der Waals surface area contributed by atoms with Gasteiger partial charge in [0, 0.05) is 17.8 Å². The molecule has 0 aromatic carbocycles. The third kappa shape index (κ3) is 2.24. The Morgan fingerprint density at radius 3 is 3.10 bits per heavy atom. The Hall–Kier alpha value is -2.77. The summed E-state index contributed by atoms with van der Waals surface area (Å²) in [5.41, 5.74) is 1.96. The van der Waals surface area contributed by atoms with E-state index in [9.17, 15) is 4.79 Å². The number of tetrazole rings is 1. The number of aromatic nitrogens is 5. The Balaban J connectivity index is 2.13. The van der Waals surface area contributed by atoms with E-state index >= 15 is 0 Å². The number of allylic oxidation sites excluding steroid dienone is 1. The predicted octanol–water partition coefficient (Wildman–Crippen LogP) is 0.339. The highest BCUT2D eigenvalue weighted by Gasteiger charge is 2.38. The van der Waals surface area contributed by atoms with Gasteiger partial charge < -0.3 is 10.1 Å². The summed E-state index contributed by atoms with van der Waals surface area (Å²) in [5, 5.41) is 14.6. The third-order valence-electron chi connectivity index (χ3n) is 3.24. The van der Waals surface area contributed by atoms with Crippen LogP contribution in [0.25, 0.3) is 0 Å². The van der Waals surface area contributed by atoms with Crippen LogP contribution in [0.4, 0.5) is 5.95 Å². The first-order valence-corrected chi connectivity index (χ1v) is 6.61. The van der Waals surface area contributed by atoms with Crippen molar-refractivity contribution in [3.63, 3.8) is 0 Å². The zero-order valence-electron chi connectivity index (χ0n) is 11.7. The van der Waals surface area contributed by atoms with Crippen LogP contribution < -0.4 is 10.3 Å². The molecule has 1 aliphatic rings. The lowest BCUT2D eigenvalue weighted by Gasteiger charge is -2.24.